The Kier molecular flexibility index (Phi) is 7.97. The van der Waals surface area contributed by atoms with Gasteiger partial charge in [-0.3, -0.25) is 4.79 Å². The summed E-state index contributed by atoms with van der Waals surface area (Å²) in [6, 6.07) is 4.21. The predicted octanol–water partition coefficient (Wildman–Crippen LogP) is 2.69. The van der Waals surface area contributed by atoms with Gasteiger partial charge in [-0.05, 0) is 31.5 Å². The van der Waals surface area contributed by atoms with Crippen LogP contribution in [0.15, 0.2) is 30.4 Å². The Hall–Kier alpha value is -2.21. The maximum atomic E-state index is 11.8. The number of methoxy groups -OCH3 is 1. The van der Waals surface area contributed by atoms with Crippen LogP contribution in [0.4, 0.5) is 5.69 Å². The number of allylic oxidation sites excluding steroid dienone is 1. The number of rotatable bonds is 9. The lowest BCUT2D eigenvalue weighted by atomic mass is 10.2. The Morgan fingerprint density at radius 1 is 1.43 bits per heavy atom. The van der Waals surface area contributed by atoms with E-state index < -0.39 is 12.0 Å². The van der Waals surface area contributed by atoms with Crippen LogP contribution in [-0.2, 0) is 9.59 Å². The van der Waals surface area contributed by atoms with Crippen LogP contribution in [0.1, 0.15) is 19.8 Å². The monoisotopic (exact) mass is 340 g/mol. The van der Waals surface area contributed by atoms with E-state index in [1.54, 1.807) is 44.4 Å². The van der Waals surface area contributed by atoms with E-state index in [1.807, 2.05) is 0 Å². The van der Waals surface area contributed by atoms with Crippen molar-refractivity contribution in [1.29, 1.82) is 0 Å². The Labute approximate surface area is 140 Å². The lowest BCUT2D eigenvalue weighted by Gasteiger charge is -2.14. The fraction of sp³-hybridized carbons (Fsp3) is 0.375. The zero-order valence-corrected chi connectivity index (χ0v) is 13.9. The number of nitrogens with one attached hydrogen (secondary N) is 2. The number of carbonyl (C=O) groups excluding carboxylic acids is 1. The summed E-state index contributed by atoms with van der Waals surface area (Å²) in [6.45, 7) is 2.13. The van der Waals surface area contributed by atoms with Gasteiger partial charge >= 0.3 is 5.97 Å². The molecular weight excluding hydrogens is 320 g/mol. The van der Waals surface area contributed by atoms with Crippen molar-refractivity contribution in [3.63, 3.8) is 0 Å². The third-order valence-corrected chi connectivity index (χ3v) is 3.30. The molecule has 0 heterocycles. The summed E-state index contributed by atoms with van der Waals surface area (Å²) in [5.74, 6) is -0.775. The smallest absolute Gasteiger partial charge is 0.326 e. The van der Waals surface area contributed by atoms with Crippen molar-refractivity contribution >= 4 is 29.2 Å². The Balaban J connectivity index is 2.50. The molecule has 0 aliphatic heterocycles. The second kappa shape index (κ2) is 9.74. The number of carboxylic acids is 1. The molecule has 1 aromatic carbocycles. The summed E-state index contributed by atoms with van der Waals surface area (Å²) >= 11 is 5.92. The van der Waals surface area contributed by atoms with Gasteiger partial charge in [0.15, 0.2) is 0 Å². The minimum Gasteiger partial charge on any atom is -0.495 e. The molecule has 1 aromatic rings. The summed E-state index contributed by atoms with van der Waals surface area (Å²) in [4.78, 5) is 22.9. The van der Waals surface area contributed by atoms with E-state index in [0.29, 0.717) is 23.0 Å². The number of carboxylic acid groups (broad SMARTS) is 1. The number of carbonyl (C=O) groups is 2. The first kappa shape index (κ1) is 18.8. The van der Waals surface area contributed by atoms with Gasteiger partial charge in [0.25, 0.3) is 0 Å². The fourth-order valence-corrected chi connectivity index (χ4v) is 2.06. The van der Waals surface area contributed by atoms with E-state index in [2.05, 4.69) is 10.6 Å². The molecule has 23 heavy (non-hydrogen) atoms. The van der Waals surface area contributed by atoms with E-state index in [-0.39, 0.29) is 18.7 Å². The summed E-state index contributed by atoms with van der Waals surface area (Å²) in [7, 11) is 1.54. The van der Waals surface area contributed by atoms with Crippen molar-refractivity contribution in [3.8, 4) is 5.75 Å². The molecule has 1 unspecified atom stereocenters. The van der Waals surface area contributed by atoms with Gasteiger partial charge in [0, 0.05) is 18.0 Å². The molecule has 0 saturated carbocycles. The minimum atomic E-state index is -1.05. The van der Waals surface area contributed by atoms with Crippen LogP contribution >= 0.6 is 11.6 Å². The molecule has 0 aliphatic carbocycles. The Morgan fingerprint density at radius 2 is 2.17 bits per heavy atom. The third-order valence-electron chi connectivity index (χ3n) is 3.07. The van der Waals surface area contributed by atoms with E-state index in [4.69, 9.17) is 21.4 Å². The van der Waals surface area contributed by atoms with Crippen molar-refractivity contribution in [2.75, 3.05) is 19.0 Å². The average Bonchev–Trinajstić information content (AvgIpc) is 2.51. The number of halogens is 1. The lowest BCUT2D eigenvalue weighted by Crippen LogP contribution is -2.40. The predicted molar refractivity (Wildman–Crippen MR) is 90.1 cm³/mol. The third kappa shape index (κ3) is 6.61. The number of hydrogen-bond donors (Lipinski definition) is 3. The number of anilines is 1. The molecule has 3 N–H and O–H groups in total. The molecule has 7 heteroatoms. The molecule has 1 rings (SSSR count). The quantitative estimate of drug-likeness (QED) is 0.601. The van der Waals surface area contributed by atoms with Gasteiger partial charge in [-0.2, -0.15) is 0 Å². The first-order chi connectivity index (χ1) is 11.0. The van der Waals surface area contributed by atoms with E-state index in [0.717, 1.165) is 0 Å². The van der Waals surface area contributed by atoms with Crippen LogP contribution in [0, 0.1) is 0 Å². The van der Waals surface area contributed by atoms with Gasteiger partial charge in [-0.15, -0.1) is 0 Å². The highest BCUT2D eigenvalue weighted by atomic mass is 35.5. The first-order valence-electron chi connectivity index (χ1n) is 7.18. The Morgan fingerprint density at radius 3 is 2.78 bits per heavy atom. The fourth-order valence-electron chi connectivity index (χ4n) is 1.89. The second-order valence-corrected chi connectivity index (χ2v) is 5.22. The lowest BCUT2D eigenvalue weighted by molar-refractivity contribution is -0.141. The number of ether oxygens (including phenoxy) is 1. The van der Waals surface area contributed by atoms with E-state index in [1.165, 1.54) is 0 Å². The summed E-state index contributed by atoms with van der Waals surface area (Å²) < 4.78 is 5.19. The molecule has 1 amide bonds. The number of aliphatic carboxylic acids is 1. The molecule has 0 radical (unpaired) electrons. The van der Waals surface area contributed by atoms with Gasteiger partial charge in [-0.1, -0.05) is 23.8 Å². The maximum Gasteiger partial charge on any atom is 0.326 e. The molecular formula is C16H21ClN2O4. The van der Waals surface area contributed by atoms with Crippen LogP contribution in [-0.4, -0.2) is 36.7 Å². The standard InChI is InChI=1S/C16H21ClN2O4/c1-3-4-5-12(16(21)22)19-15(20)8-9-18-13-10-11(17)6-7-14(13)23-2/h3-4,6-7,10,12,18H,5,8-9H2,1-2H3,(H,19,20)(H,21,22)/b4-3+. The van der Waals surface area contributed by atoms with Crippen molar-refractivity contribution in [2.45, 2.75) is 25.8 Å². The molecule has 0 saturated heterocycles. The van der Waals surface area contributed by atoms with Crippen LogP contribution in [0.3, 0.4) is 0 Å². The summed E-state index contributed by atoms with van der Waals surface area (Å²) in [5.41, 5.74) is 0.677. The molecule has 0 aromatic heterocycles. The summed E-state index contributed by atoms with van der Waals surface area (Å²) in [6.07, 6.45) is 3.84. The number of hydrogen-bond acceptors (Lipinski definition) is 4. The molecule has 0 aliphatic rings. The van der Waals surface area contributed by atoms with Crippen molar-refractivity contribution in [1.82, 2.24) is 5.32 Å². The van der Waals surface area contributed by atoms with Gasteiger partial charge in [0.2, 0.25) is 5.91 Å². The van der Waals surface area contributed by atoms with E-state index >= 15 is 0 Å². The SMILES string of the molecule is C/C=C/CC(NC(=O)CCNc1cc(Cl)ccc1OC)C(=O)O. The molecule has 126 valence electrons. The van der Waals surface area contributed by atoms with Crippen molar-refractivity contribution in [2.24, 2.45) is 0 Å². The van der Waals surface area contributed by atoms with Gasteiger partial charge < -0.3 is 20.5 Å². The molecule has 0 bridgehead atoms. The number of benzene rings is 1. The highest BCUT2D eigenvalue weighted by Crippen LogP contribution is 2.27. The van der Waals surface area contributed by atoms with Crippen molar-refractivity contribution < 1.29 is 19.4 Å². The number of amides is 1. The summed E-state index contributed by atoms with van der Waals surface area (Å²) in [5, 5.41) is 15.1. The molecule has 6 nitrogen and oxygen atoms in total. The van der Waals surface area contributed by atoms with Crippen LogP contribution in [0.25, 0.3) is 0 Å². The van der Waals surface area contributed by atoms with Crippen LogP contribution < -0.4 is 15.4 Å². The molecule has 1 atom stereocenters. The molecule has 0 fully saturated rings. The van der Waals surface area contributed by atoms with Crippen LogP contribution in [0.2, 0.25) is 5.02 Å². The van der Waals surface area contributed by atoms with Crippen LogP contribution in [0.5, 0.6) is 5.75 Å². The highest BCUT2D eigenvalue weighted by Gasteiger charge is 2.18. The topological polar surface area (TPSA) is 87.7 Å². The zero-order valence-electron chi connectivity index (χ0n) is 13.1. The largest absolute Gasteiger partial charge is 0.495 e. The molecule has 0 spiro atoms. The minimum absolute atomic E-state index is 0.134. The first-order valence-corrected chi connectivity index (χ1v) is 7.56. The normalized spacial score (nSPS) is 12.0. The Bertz CT molecular complexity index is 575. The van der Waals surface area contributed by atoms with Crippen molar-refractivity contribution in [3.05, 3.63) is 35.4 Å². The second-order valence-electron chi connectivity index (χ2n) is 4.78. The average molecular weight is 341 g/mol. The maximum absolute atomic E-state index is 11.8. The van der Waals surface area contributed by atoms with E-state index in [9.17, 15) is 9.59 Å². The van der Waals surface area contributed by atoms with Gasteiger partial charge in [-0.25, -0.2) is 4.79 Å². The van der Waals surface area contributed by atoms with Gasteiger partial charge in [0.1, 0.15) is 11.8 Å². The zero-order chi connectivity index (χ0) is 17.2. The highest BCUT2D eigenvalue weighted by molar-refractivity contribution is 6.30. The van der Waals surface area contributed by atoms with Gasteiger partial charge in [0.05, 0.1) is 12.8 Å².